The lowest BCUT2D eigenvalue weighted by molar-refractivity contribution is -0.470. The number of hydrogen-bond acceptors (Lipinski definition) is 3. The Morgan fingerprint density at radius 1 is 0.524 bits per heavy atom. The van der Waals surface area contributed by atoms with Crippen LogP contribution in [-0.2, 0) is 10.1 Å². The van der Waals surface area contributed by atoms with E-state index in [0.717, 1.165) is 0 Å². The third kappa shape index (κ3) is 1.46. The van der Waals surface area contributed by atoms with Crippen LogP contribution < -0.4 is 0 Å². The van der Waals surface area contributed by atoms with Gasteiger partial charge < -0.3 is 4.55 Å². The maximum atomic E-state index is 13.3. The van der Waals surface area contributed by atoms with Gasteiger partial charge in [0, 0.05) is 0 Å². The van der Waals surface area contributed by atoms with Crippen LogP contribution in [0.2, 0.25) is 0 Å². The predicted molar refractivity (Wildman–Crippen MR) is 38.3 cm³/mol. The predicted octanol–water partition coefficient (Wildman–Crippen LogP) is 2.39. The lowest BCUT2D eigenvalue weighted by Gasteiger charge is -2.52. The molecule has 0 bridgehead atoms. The molecular weight excluding hydrogens is 361 g/mol. The van der Waals surface area contributed by atoms with Gasteiger partial charge in [-0.3, -0.25) is 0 Å². The standard InChI is InChI=1S/C6HF11O3S/c7-1(8)2(9,10)4(13,14)6(17,21(18,19)20)5(15,16)3(1,11)12/h(H,18,19,20)/p-1. The van der Waals surface area contributed by atoms with Crippen LogP contribution in [0, 0.1) is 0 Å². The molecule has 1 aliphatic carbocycles. The highest BCUT2D eigenvalue weighted by Crippen LogP contribution is 2.70. The molecule has 0 heterocycles. The molecular formula is C6F11O3S-. The van der Waals surface area contributed by atoms with Crippen LogP contribution in [0.4, 0.5) is 48.3 Å². The Balaban J connectivity index is 4.02. The van der Waals surface area contributed by atoms with Crippen LogP contribution in [0.15, 0.2) is 0 Å². The third-order valence-corrected chi connectivity index (χ3v) is 3.93. The van der Waals surface area contributed by atoms with Gasteiger partial charge in [0.1, 0.15) is 10.1 Å². The summed E-state index contributed by atoms with van der Waals surface area (Å²) < 4.78 is 171. The quantitative estimate of drug-likeness (QED) is 0.532. The van der Waals surface area contributed by atoms with E-state index in [4.69, 9.17) is 0 Å². The van der Waals surface area contributed by atoms with Crippen molar-refractivity contribution in [1.82, 2.24) is 0 Å². The molecule has 1 saturated carbocycles. The topological polar surface area (TPSA) is 57.2 Å². The molecule has 0 atom stereocenters. The molecule has 1 fully saturated rings. The summed E-state index contributed by atoms with van der Waals surface area (Å²) in [4.78, 5) is 0. The highest BCUT2D eigenvalue weighted by molar-refractivity contribution is 7.87. The van der Waals surface area contributed by atoms with E-state index >= 15 is 0 Å². The van der Waals surface area contributed by atoms with Gasteiger partial charge in [-0.05, 0) is 0 Å². The highest BCUT2D eigenvalue weighted by Gasteiger charge is 3.03. The van der Waals surface area contributed by atoms with E-state index in [-0.39, 0.29) is 0 Å². The number of halogens is 11. The Morgan fingerprint density at radius 3 is 0.905 bits per heavy atom. The normalized spacial score (nSPS) is 31.6. The van der Waals surface area contributed by atoms with Crippen LogP contribution >= 0.6 is 0 Å². The van der Waals surface area contributed by atoms with E-state index in [2.05, 4.69) is 0 Å². The molecule has 0 spiro atoms. The summed E-state index contributed by atoms with van der Waals surface area (Å²) in [5.74, 6) is -38.0. The summed E-state index contributed by atoms with van der Waals surface area (Å²) >= 11 is 0. The lowest BCUT2D eigenvalue weighted by atomic mass is 9.81. The van der Waals surface area contributed by atoms with Crippen LogP contribution in [0.1, 0.15) is 0 Å². The first-order valence-corrected chi connectivity index (χ1v) is 5.69. The first-order chi connectivity index (χ1) is 8.75. The molecule has 0 saturated heterocycles. The maximum absolute atomic E-state index is 13.3. The van der Waals surface area contributed by atoms with Crippen molar-refractivity contribution in [3.05, 3.63) is 0 Å². The molecule has 0 aromatic rings. The Labute approximate surface area is 107 Å². The average molecular weight is 361 g/mol. The van der Waals surface area contributed by atoms with E-state index in [0.29, 0.717) is 0 Å². The maximum Gasteiger partial charge on any atom is 0.384 e. The minimum atomic E-state index is -7.94. The zero-order chi connectivity index (χ0) is 17.5. The van der Waals surface area contributed by atoms with Crippen molar-refractivity contribution >= 4 is 10.1 Å². The van der Waals surface area contributed by atoms with Gasteiger partial charge in [-0.1, -0.05) is 0 Å². The van der Waals surface area contributed by atoms with E-state index < -0.39 is 44.7 Å². The van der Waals surface area contributed by atoms with Gasteiger partial charge in [0.2, 0.25) is 0 Å². The summed E-state index contributed by atoms with van der Waals surface area (Å²) in [5, 5.41) is -7.50. The Bertz CT molecular complexity index is 535. The molecule has 1 aliphatic rings. The molecule has 0 N–H and O–H groups in total. The molecule has 21 heavy (non-hydrogen) atoms. The average Bonchev–Trinajstić information content (AvgIpc) is 2.23. The van der Waals surface area contributed by atoms with Crippen molar-refractivity contribution in [3.8, 4) is 0 Å². The van der Waals surface area contributed by atoms with Crippen molar-refractivity contribution in [2.45, 2.75) is 34.6 Å². The molecule has 0 unspecified atom stereocenters. The Hall–Kier alpha value is -0.860. The summed E-state index contributed by atoms with van der Waals surface area (Å²) in [6.45, 7) is 0. The molecule has 0 aromatic carbocycles. The van der Waals surface area contributed by atoms with E-state index in [9.17, 15) is 61.3 Å². The highest BCUT2D eigenvalue weighted by atomic mass is 32.2. The van der Waals surface area contributed by atoms with Gasteiger partial charge >= 0.3 is 34.6 Å². The van der Waals surface area contributed by atoms with Crippen molar-refractivity contribution in [2.75, 3.05) is 0 Å². The van der Waals surface area contributed by atoms with Crippen molar-refractivity contribution in [2.24, 2.45) is 0 Å². The van der Waals surface area contributed by atoms with E-state index in [1.54, 1.807) is 0 Å². The monoisotopic (exact) mass is 361 g/mol. The fraction of sp³-hybridized carbons (Fsp3) is 1.00. The molecule has 0 aromatic heterocycles. The zero-order valence-corrected chi connectivity index (χ0v) is 9.61. The second kappa shape index (κ2) is 3.72. The van der Waals surface area contributed by atoms with Crippen molar-refractivity contribution in [3.63, 3.8) is 0 Å². The van der Waals surface area contributed by atoms with Crippen LogP contribution in [-0.4, -0.2) is 47.6 Å². The molecule has 0 radical (unpaired) electrons. The van der Waals surface area contributed by atoms with Gasteiger partial charge in [0.25, 0.3) is 0 Å². The van der Waals surface area contributed by atoms with Gasteiger partial charge in [-0.25, -0.2) is 12.8 Å². The van der Waals surface area contributed by atoms with Crippen LogP contribution in [0.3, 0.4) is 0 Å². The smallest absolute Gasteiger partial charge is 0.384 e. The Morgan fingerprint density at radius 2 is 0.714 bits per heavy atom. The first-order valence-electron chi connectivity index (χ1n) is 4.28. The van der Waals surface area contributed by atoms with E-state index in [1.807, 2.05) is 0 Å². The number of hydrogen-bond donors (Lipinski definition) is 0. The van der Waals surface area contributed by atoms with Crippen LogP contribution in [0.5, 0.6) is 0 Å². The van der Waals surface area contributed by atoms with Crippen molar-refractivity contribution < 1.29 is 61.3 Å². The summed E-state index contributed by atoms with van der Waals surface area (Å²) in [5.41, 5.74) is 0. The van der Waals surface area contributed by atoms with Gasteiger partial charge in [-0.15, -0.1) is 0 Å². The largest absolute Gasteiger partial charge is 0.745 e. The SMILES string of the molecule is O=S(=O)([O-])C1(F)C(F)(F)C(F)(F)C(F)(F)C(F)(F)C1(F)F. The second-order valence-corrected chi connectivity index (χ2v) is 5.39. The fourth-order valence-corrected chi connectivity index (χ4v) is 2.39. The zero-order valence-electron chi connectivity index (χ0n) is 8.79. The number of rotatable bonds is 1. The number of alkyl halides is 11. The second-order valence-electron chi connectivity index (χ2n) is 3.92. The minimum absolute atomic E-state index is 7.50. The third-order valence-electron chi connectivity index (χ3n) is 2.73. The van der Waals surface area contributed by atoms with E-state index in [1.165, 1.54) is 0 Å². The molecule has 3 nitrogen and oxygen atoms in total. The van der Waals surface area contributed by atoms with Crippen LogP contribution in [0.25, 0.3) is 0 Å². The molecule has 1 rings (SSSR count). The van der Waals surface area contributed by atoms with Gasteiger partial charge in [0.15, 0.2) is 0 Å². The minimum Gasteiger partial charge on any atom is -0.745 e. The molecule has 126 valence electrons. The van der Waals surface area contributed by atoms with Gasteiger partial charge in [-0.2, -0.15) is 43.9 Å². The summed E-state index contributed by atoms with van der Waals surface area (Å²) in [6.07, 6.45) is 0. The summed E-state index contributed by atoms with van der Waals surface area (Å²) in [6, 6.07) is 0. The fourth-order valence-electron chi connectivity index (χ4n) is 1.51. The summed E-state index contributed by atoms with van der Waals surface area (Å²) in [7, 11) is -7.94. The Kier molecular flexibility index (Phi) is 3.22. The first kappa shape index (κ1) is 18.2. The molecule has 0 amide bonds. The lowest BCUT2D eigenvalue weighted by Crippen LogP contribution is -2.85. The van der Waals surface area contributed by atoms with Crippen molar-refractivity contribution in [1.29, 1.82) is 0 Å². The molecule has 15 heteroatoms. The molecule has 0 aliphatic heterocycles. The van der Waals surface area contributed by atoms with Gasteiger partial charge in [0.05, 0.1) is 0 Å².